The van der Waals surface area contributed by atoms with Gasteiger partial charge in [0.2, 0.25) is 10.0 Å². The van der Waals surface area contributed by atoms with Gasteiger partial charge in [-0.3, -0.25) is 0 Å². The van der Waals surface area contributed by atoms with E-state index < -0.39 is 16.0 Å². The van der Waals surface area contributed by atoms with Gasteiger partial charge in [0.25, 0.3) is 0 Å². The minimum atomic E-state index is -4.03. The first-order valence-electron chi connectivity index (χ1n) is 4.85. The summed E-state index contributed by atoms with van der Waals surface area (Å²) in [6, 6.07) is 2.14. The number of hydrogen-bond acceptors (Lipinski definition) is 4. The SMILES string of the molecule is CC(C)OC(=O)c1cc(S(N)(=O)=O)c(Cl)cc1Cl. The molecule has 0 bridgehead atoms. The smallest absolute Gasteiger partial charge is 0.339 e. The Hall–Kier alpha value is -0.820. The number of nitrogens with two attached hydrogens (primary N) is 1. The number of carbonyl (C=O) groups excluding carboxylic acids is 1. The summed E-state index contributed by atoms with van der Waals surface area (Å²) in [6.45, 7) is 3.31. The second kappa shape index (κ2) is 5.44. The van der Waals surface area contributed by atoms with Gasteiger partial charge >= 0.3 is 5.97 Å². The van der Waals surface area contributed by atoms with Crippen LogP contribution in [0.15, 0.2) is 17.0 Å². The van der Waals surface area contributed by atoms with Crippen molar-refractivity contribution in [3.8, 4) is 0 Å². The summed E-state index contributed by atoms with van der Waals surface area (Å²) >= 11 is 11.5. The average molecular weight is 312 g/mol. The molecule has 1 aromatic carbocycles. The number of rotatable bonds is 3. The first-order chi connectivity index (χ1) is 8.12. The number of halogens is 2. The number of benzene rings is 1. The Morgan fingerprint density at radius 2 is 1.83 bits per heavy atom. The Labute approximate surface area is 115 Å². The highest BCUT2D eigenvalue weighted by atomic mass is 35.5. The first kappa shape index (κ1) is 15.2. The number of sulfonamides is 1. The van der Waals surface area contributed by atoms with Gasteiger partial charge in [-0.1, -0.05) is 23.2 Å². The maximum atomic E-state index is 11.7. The van der Waals surface area contributed by atoms with Gasteiger partial charge in [-0.25, -0.2) is 18.4 Å². The predicted molar refractivity (Wildman–Crippen MR) is 68.4 cm³/mol. The fourth-order valence-electron chi connectivity index (χ4n) is 1.18. The molecule has 5 nitrogen and oxygen atoms in total. The summed E-state index contributed by atoms with van der Waals surface area (Å²) in [5.41, 5.74) is -0.0983. The van der Waals surface area contributed by atoms with E-state index in [1.807, 2.05) is 0 Å². The Bertz CT molecular complexity index is 584. The number of hydrogen-bond donors (Lipinski definition) is 1. The quantitative estimate of drug-likeness (QED) is 0.867. The third kappa shape index (κ3) is 3.58. The highest BCUT2D eigenvalue weighted by molar-refractivity contribution is 7.89. The zero-order chi connectivity index (χ0) is 14.1. The lowest BCUT2D eigenvalue weighted by Gasteiger charge is -2.11. The van der Waals surface area contributed by atoms with Crippen molar-refractivity contribution in [2.45, 2.75) is 24.8 Å². The monoisotopic (exact) mass is 311 g/mol. The van der Waals surface area contributed by atoms with Crippen LogP contribution in [0.2, 0.25) is 10.0 Å². The van der Waals surface area contributed by atoms with E-state index in [-0.39, 0.29) is 26.6 Å². The molecule has 0 heterocycles. The highest BCUT2D eigenvalue weighted by Gasteiger charge is 2.21. The third-order valence-electron chi connectivity index (χ3n) is 1.89. The summed E-state index contributed by atoms with van der Waals surface area (Å²) in [7, 11) is -4.03. The molecule has 0 spiro atoms. The summed E-state index contributed by atoms with van der Waals surface area (Å²) in [6.07, 6.45) is -0.359. The predicted octanol–water partition coefficient (Wildman–Crippen LogP) is 2.21. The fourth-order valence-corrected chi connectivity index (χ4v) is 2.58. The Kier molecular flexibility index (Phi) is 4.61. The molecule has 0 amide bonds. The van der Waals surface area contributed by atoms with Gasteiger partial charge in [0, 0.05) is 0 Å². The van der Waals surface area contributed by atoms with Crippen LogP contribution >= 0.6 is 23.2 Å². The van der Waals surface area contributed by atoms with E-state index in [1.54, 1.807) is 13.8 Å². The van der Waals surface area contributed by atoms with Crippen LogP contribution in [0.1, 0.15) is 24.2 Å². The zero-order valence-electron chi connectivity index (χ0n) is 9.61. The van der Waals surface area contributed by atoms with E-state index in [1.165, 1.54) is 0 Å². The zero-order valence-corrected chi connectivity index (χ0v) is 11.9. The summed E-state index contributed by atoms with van der Waals surface area (Å²) < 4.78 is 27.4. The van der Waals surface area contributed by atoms with Crippen molar-refractivity contribution in [3.05, 3.63) is 27.7 Å². The van der Waals surface area contributed by atoms with Crippen LogP contribution in [-0.4, -0.2) is 20.5 Å². The molecule has 2 N–H and O–H groups in total. The van der Waals surface area contributed by atoms with Crippen LogP contribution in [0.5, 0.6) is 0 Å². The van der Waals surface area contributed by atoms with Gasteiger partial charge in [-0.2, -0.15) is 0 Å². The minimum Gasteiger partial charge on any atom is -0.459 e. The first-order valence-corrected chi connectivity index (χ1v) is 7.16. The Morgan fingerprint density at radius 1 is 1.28 bits per heavy atom. The molecule has 0 aliphatic rings. The molecule has 0 unspecified atom stereocenters. The molecular formula is C10H11Cl2NO4S. The van der Waals surface area contributed by atoms with Gasteiger partial charge in [0.15, 0.2) is 0 Å². The van der Waals surface area contributed by atoms with Crippen LogP contribution in [0.4, 0.5) is 0 Å². The maximum absolute atomic E-state index is 11.7. The molecule has 18 heavy (non-hydrogen) atoms. The van der Waals surface area contributed by atoms with Crippen molar-refractivity contribution in [3.63, 3.8) is 0 Å². The second-order valence-corrected chi connectivity index (χ2v) is 6.11. The molecule has 0 fully saturated rings. The van der Waals surface area contributed by atoms with Gasteiger partial charge < -0.3 is 4.74 Å². The van der Waals surface area contributed by atoms with Crippen molar-refractivity contribution in [2.75, 3.05) is 0 Å². The number of esters is 1. The van der Waals surface area contributed by atoms with E-state index in [4.69, 9.17) is 33.1 Å². The molecule has 0 aliphatic heterocycles. The standard InChI is InChI=1S/C10H11Cl2NO4S/c1-5(2)17-10(14)6-3-9(18(13,15)16)8(12)4-7(6)11/h3-5H,1-2H3,(H2,13,15,16). The molecule has 0 radical (unpaired) electrons. The van der Waals surface area contributed by atoms with Gasteiger partial charge in [-0.15, -0.1) is 0 Å². The van der Waals surface area contributed by atoms with Gasteiger partial charge in [0.1, 0.15) is 4.90 Å². The lowest BCUT2D eigenvalue weighted by atomic mass is 10.2. The molecular weight excluding hydrogens is 301 g/mol. The molecule has 0 atom stereocenters. The van der Waals surface area contributed by atoms with Crippen molar-refractivity contribution in [2.24, 2.45) is 5.14 Å². The lowest BCUT2D eigenvalue weighted by molar-refractivity contribution is 0.0378. The normalized spacial score (nSPS) is 11.7. The van der Waals surface area contributed by atoms with Crippen molar-refractivity contribution in [1.82, 2.24) is 0 Å². The van der Waals surface area contributed by atoms with Crippen molar-refractivity contribution < 1.29 is 17.9 Å². The number of ether oxygens (including phenoxy) is 1. The Morgan fingerprint density at radius 3 is 2.28 bits per heavy atom. The number of carbonyl (C=O) groups is 1. The Balaban J connectivity index is 3.34. The second-order valence-electron chi connectivity index (χ2n) is 3.76. The third-order valence-corrected chi connectivity index (χ3v) is 3.58. The maximum Gasteiger partial charge on any atom is 0.339 e. The van der Waals surface area contributed by atoms with Crippen LogP contribution in [0.25, 0.3) is 0 Å². The van der Waals surface area contributed by atoms with E-state index >= 15 is 0 Å². The van der Waals surface area contributed by atoms with Crippen molar-refractivity contribution >= 4 is 39.2 Å². The fraction of sp³-hybridized carbons (Fsp3) is 0.300. The molecule has 0 saturated heterocycles. The largest absolute Gasteiger partial charge is 0.459 e. The average Bonchev–Trinajstić information content (AvgIpc) is 2.13. The van der Waals surface area contributed by atoms with E-state index in [0.29, 0.717) is 0 Å². The van der Waals surface area contributed by atoms with E-state index in [2.05, 4.69) is 0 Å². The topological polar surface area (TPSA) is 86.5 Å². The van der Waals surface area contributed by atoms with E-state index in [0.717, 1.165) is 12.1 Å². The van der Waals surface area contributed by atoms with Gasteiger partial charge in [0.05, 0.1) is 21.7 Å². The molecule has 1 aromatic rings. The van der Waals surface area contributed by atoms with Crippen LogP contribution in [0, 0.1) is 0 Å². The summed E-state index contributed by atoms with van der Waals surface area (Å²) in [5.74, 6) is -0.739. The molecule has 1 rings (SSSR count). The van der Waals surface area contributed by atoms with Crippen LogP contribution in [-0.2, 0) is 14.8 Å². The molecule has 100 valence electrons. The van der Waals surface area contributed by atoms with Crippen LogP contribution < -0.4 is 5.14 Å². The van der Waals surface area contributed by atoms with Gasteiger partial charge in [-0.05, 0) is 26.0 Å². The molecule has 0 aromatic heterocycles. The highest BCUT2D eigenvalue weighted by Crippen LogP contribution is 2.28. The summed E-state index contributed by atoms with van der Waals surface area (Å²) in [5, 5.41) is 4.82. The molecule has 0 aliphatic carbocycles. The van der Waals surface area contributed by atoms with E-state index in [9.17, 15) is 13.2 Å². The minimum absolute atomic E-state index is 0.00181. The van der Waals surface area contributed by atoms with Crippen LogP contribution in [0.3, 0.4) is 0 Å². The number of primary sulfonamides is 1. The molecule has 8 heteroatoms. The summed E-state index contributed by atoms with van der Waals surface area (Å²) in [4.78, 5) is 11.3. The molecule has 0 saturated carbocycles. The van der Waals surface area contributed by atoms with Crippen molar-refractivity contribution in [1.29, 1.82) is 0 Å². The lowest BCUT2D eigenvalue weighted by Crippen LogP contribution is -2.16.